The molecule has 1 saturated carbocycles. The SMILES string of the molecule is CN[C@@H]1COc2ccc(N3CC(NS(=O)(=O)CC4CC4)C3)cc2[C@@H]1Cc1ccccc1. The third-order valence-corrected chi connectivity index (χ3v) is 8.31. The van der Waals surface area contributed by atoms with E-state index in [-0.39, 0.29) is 17.8 Å². The molecule has 31 heavy (non-hydrogen) atoms. The van der Waals surface area contributed by atoms with Crippen LogP contribution in [0.3, 0.4) is 0 Å². The van der Waals surface area contributed by atoms with Crippen LogP contribution in [0.1, 0.15) is 29.9 Å². The van der Waals surface area contributed by atoms with Gasteiger partial charge in [0, 0.05) is 36.3 Å². The molecule has 2 heterocycles. The molecule has 5 rings (SSSR count). The summed E-state index contributed by atoms with van der Waals surface area (Å²) in [6.07, 6.45) is 3.05. The van der Waals surface area contributed by atoms with E-state index in [1.807, 2.05) is 13.1 Å². The molecule has 2 atom stereocenters. The summed E-state index contributed by atoms with van der Waals surface area (Å²) in [7, 11) is -1.16. The second-order valence-corrected chi connectivity index (χ2v) is 11.0. The van der Waals surface area contributed by atoms with Gasteiger partial charge in [-0.25, -0.2) is 13.1 Å². The van der Waals surface area contributed by atoms with Gasteiger partial charge in [-0.2, -0.15) is 0 Å². The maximum Gasteiger partial charge on any atom is 0.212 e. The second-order valence-electron chi connectivity index (χ2n) is 9.17. The maximum absolute atomic E-state index is 12.3. The van der Waals surface area contributed by atoms with Gasteiger partial charge in [-0.3, -0.25) is 0 Å². The van der Waals surface area contributed by atoms with Crippen LogP contribution >= 0.6 is 0 Å². The Kier molecular flexibility index (Phi) is 5.67. The summed E-state index contributed by atoms with van der Waals surface area (Å²) in [5, 5.41) is 3.43. The highest BCUT2D eigenvalue weighted by molar-refractivity contribution is 7.89. The van der Waals surface area contributed by atoms with E-state index in [2.05, 4.69) is 57.4 Å². The van der Waals surface area contributed by atoms with E-state index in [0.717, 1.165) is 30.7 Å². The van der Waals surface area contributed by atoms with E-state index in [0.29, 0.717) is 31.5 Å². The van der Waals surface area contributed by atoms with Crippen molar-refractivity contribution in [2.75, 3.05) is 37.4 Å². The number of anilines is 1. The van der Waals surface area contributed by atoms with Crippen molar-refractivity contribution in [1.82, 2.24) is 10.0 Å². The Hall–Kier alpha value is -2.09. The molecule has 2 aromatic carbocycles. The predicted molar refractivity (Wildman–Crippen MR) is 123 cm³/mol. The van der Waals surface area contributed by atoms with Crippen LogP contribution in [0.5, 0.6) is 5.75 Å². The van der Waals surface area contributed by atoms with Crippen molar-refractivity contribution < 1.29 is 13.2 Å². The van der Waals surface area contributed by atoms with Crippen LogP contribution in [-0.4, -0.2) is 53.0 Å². The molecule has 6 nitrogen and oxygen atoms in total. The lowest BCUT2D eigenvalue weighted by Gasteiger charge is -2.42. The number of likely N-dealkylation sites (N-methyl/N-ethyl adjacent to an activating group) is 1. The van der Waals surface area contributed by atoms with E-state index in [1.165, 1.54) is 11.1 Å². The van der Waals surface area contributed by atoms with Crippen LogP contribution in [0.15, 0.2) is 48.5 Å². The summed E-state index contributed by atoms with van der Waals surface area (Å²) in [4.78, 5) is 2.24. The summed E-state index contributed by atoms with van der Waals surface area (Å²) in [5.74, 6) is 1.94. The molecule has 166 valence electrons. The maximum atomic E-state index is 12.3. The number of ether oxygens (including phenoxy) is 1. The Morgan fingerprint density at radius 2 is 1.87 bits per heavy atom. The average Bonchev–Trinajstić information content (AvgIpc) is 3.54. The molecule has 1 saturated heterocycles. The summed E-state index contributed by atoms with van der Waals surface area (Å²) in [6.45, 7) is 2.08. The van der Waals surface area contributed by atoms with Crippen molar-refractivity contribution >= 4 is 15.7 Å². The van der Waals surface area contributed by atoms with Crippen molar-refractivity contribution in [3.05, 3.63) is 59.7 Å². The van der Waals surface area contributed by atoms with Gasteiger partial charge in [0.2, 0.25) is 10.0 Å². The largest absolute Gasteiger partial charge is 0.492 e. The van der Waals surface area contributed by atoms with Gasteiger partial charge in [0.05, 0.1) is 11.8 Å². The van der Waals surface area contributed by atoms with Gasteiger partial charge in [0.25, 0.3) is 0 Å². The Morgan fingerprint density at radius 1 is 1.10 bits per heavy atom. The topological polar surface area (TPSA) is 70.7 Å². The van der Waals surface area contributed by atoms with Crippen LogP contribution < -0.4 is 19.7 Å². The number of rotatable bonds is 8. The molecular formula is C24H31N3O3S. The number of hydrogen-bond acceptors (Lipinski definition) is 5. The van der Waals surface area contributed by atoms with Crippen molar-refractivity contribution in [2.24, 2.45) is 5.92 Å². The second kappa shape index (κ2) is 8.45. The molecule has 0 amide bonds. The van der Waals surface area contributed by atoms with Crippen molar-refractivity contribution in [3.63, 3.8) is 0 Å². The minimum Gasteiger partial charge on any atom is -0.492 e. The van der Waals surface area contributed by atoms with Crippen molar-refractivity contribution in [2.45, 2.75) is 37.3 Å². The number of fused-ring (bicyclic) bond motifs is 1. The molecule has 2 N–H and O–H groups in total. The third kappa shape index (κ3) is 4.73. The van der Waals surface area contributed by atoms with Crippen LogP contribution in [-0.2, 0) is 16.4 Å². The first-order valence-corrected chi connectivity index (χ1v) is 12.9. The van der Waals surface area contributed by atoms with Crippen LogP contribution in [0.25, 0.3) is 0 Å². The lowest BCUT2D eigenvalue weighted by atomic mass is 9.83. The van der Waals surface area contributed by atoms with E-state index < -0.39 is 10.0 Å². The zero-order chi connectivity index (χ0) is 21.4. The smallest absolute Gasteiger partial charge is 0.212 e. The fraction of sp³-hybridized carbons (Fsp3) is 0.500. The van der Waals surface area contributed by atoms with Crippen LogP contribution in [0.4, 0.5) is 5.69 Å². The van der Waals surface area contributed by atoms with Gasteiger partial charge in [0.1, 0.15) is 12.4 Å². The minimum atomic E-state index is -3.16. The zero-order valence-corrected chi connectivity index (χ0v) is 18.8. The monoisotopic (exact) mass is 441 g/mol. The molecule has 3 aliphatic rings. The highest BCUT2D eigenvalue weighted by Gasteiger charge is 2.35. The van der Waals surface area contributed by atoms with Gasteiger partial charge in [0.15, 0.2) is 0 Å². The Morgan fingerprint density at radius 3 is 2.58 bits per heavy atom. The van der Waals surface area contributed by atoms with E-state index in [9.17, 15) is 8.42 Å². The minimum absolute atomic E-state index is 0.00112. The lowest BCUT2D eigenvalue weighted by molar-refractivity contribution is 0.219. The fourth-order valence-corrected chi connectivity index (χ4v) is 6.44. The number of benzene rings is 2. The highest BCUT2D eigenvalue weighted by atomic mass is 32.2. The number of hydrogen-bond donors (Lipinski definition) is 2. The quantitative estimate of drug-likeness (QED) is 0.659. The first-order valence-electron chi connectivity index (χ1n) is 11.2. The first-order chi connectivity index (χ1) is 15.0. The van der Waals surface area contributed by atoms with E-state index >= 15 is 0 Å². The molecule has 0 aromatic heterocycles. The van der Waals surface area contributed by atoms with Gasteiger partial charge >= 0.3 is 0 Å². The lowest BCUT2D eigenvalue weighted by Crippen LogP contribution is -2.59. The Bertz CT molecular complexity index is 1020. The summed E-state index contributed by atoms with van der Waals surface area (Å²) in [6, 6.07) is 17.2. The van der Waals surface area contributed by atoms with Crippen molar-refractivity contribution in [3.8, 4) is 5.75 Å². The molecule has 0 spiro atoms. The van der Waals surface area contributed by atoms with Gasteiger partial charge in [-0.15, -0.1) is 0 Å². The highest BCUT2D eigenvalue weighted by Crippen LogP contribution is 2.39. The molecule has 0 bridgehead atoms. The van der Waals surface area contributed by atoms with E-state index in [4.69, 9.17) is 4.74 Å². The summed E-state index contributed by atoms with van der Waals surface area (Å²) >= 11 is 0. The molecule has 2 aromatic rings. The molecular weight excluding hydrogens is 410 g/mol. The number of nitrogens with zero attached hydrogens (tertiary/aromatic N) is 1. The standard InChI is InChI=1S/C24H31N3O3S/c1-25-23-15-30-24-10-9-20(12-22(24)21(23)11-17-5-3-2-4-6-17)27-13-19(14-27)26-31(28,29)16-18-7-8-18/h2-6,9-10,12,18-19,21,23,25-26H,7-8,11,13-16H2,1H3/t21-,23+/m0/s1. The van der Waals surface area contributed by atoms with Gasteiger partial charge in [-0.1, -0.05) is 30.3 Å². The molecule has 1 aliphatic carbocycles. The predicted octanol–water partition coefficient (Wildman–Crippen LogP) is 2.51. The Balaban J connectivity index is 1.29. The average molecular weight is 442 g/mol. The van der Waals surface area contributed by atoms with Gasteiger partial charge < -0.3 is 15.0 Å². The zero-order valence-electron chi connectivity index (χ0n) is 18.0. The van der Waals surface area contributed by atoms with Gasteiger partial charge in [-0.05, 0) is 56.0 Å². The first kappa shape index (κ1) is 20.8. The molecule has 7 heteroatoms. The van der Waals surface area contributed by atoms with E-state index in [1.54, 1.807) is 0 Å². The molecule has 2 fully saturated rings. The summed E-state index contributed by atoms with van der Waals surface area (Å²) in [5.41, 5.74) is 3.68. The van der Waals surface area contributed by atoms with Crippen LogP contribution in [0, 0.1) is 5.92 Å². The normalized spacial score (nSPS) is 23.7. The Labute approximate surface area is 185 Å². The molecule has 0 radical (unpaired) electrons. The fourth-order valence-electron chi connectivity index (χ4n) is 4.73. The number of nitrogens with one attached hydrogen (secondary N) is 2. The third-order valence-electron chi connectivity index (χ3n) is 6.71. The summed E-state index contributed by atoms with van der Waals surface area (Å²) < 4.78 is 33.4. The van der Waals surface area contributed by atoms with Crippen molar-refractivity contribution in [1.29, 1.82) is 0 Å². The number of sulfonamides is 1. The molecule has 0 unspecified atom stereocenters. The molecule has 2 aliphatic heterocycles. The van der Waals surface area contributed by atoms with Crippen LogP contribution in [0.2, 0.25) is 0 Å².